The fraction of sp³-hybridized carbons (Fsp3) is 0.875. The average Bonchev–Trinajstić information content (AvgIpc) is 2.38. The van der Waals surface area contributed by atoms with Crippen LogP contribution in [0.25, 0.3) is 0 Å². The molecular formula is C8H24N4O10S2. The second-order valence-corrected chi connectivity index (χ2v) is 5.44. The SMILES string of the molecule is COCCNC(=NCCCCN)NO.O=S(=O)(O)O.O=S(=O)(O)O. The van der Waals surface area contributed by atoms with E-state index in [9.17, 15) is 0 Å². The Kier molecular flexibility index (Phi) is 19.3. The van der Waals surface area contributed by atoms with Crippen LogP contribution >= 0.6 is 0 Å². The molecule has 0 aromatic heterocycles. The van der Waals surface area contributed by atoms with E-state index in [0.29, 0.717) is 32.2 Å². The number of methoxy groups -OCH3 is 1. The van der Waals surface area contributed by atoms with E-state index in [1.54, 1.807) is 7.11 Å². The molecule has 14 nitrogen and oxygen atoms in total. The number of hydrogen-bond donors (Lipinski definition) is 8. The molecule has 0 saturated heterocycles. The van der Waals surface area contributed by atoms with Gasteiger partial charge in [-0.15, -0.1) is 0 Å². The molecule has 0 unspecified atom stereocenters. The average molecular weight is 400 g/mol. The molecule has 0 heterocycles. The molecule has 16 heteroatoms. The Bertz CT molecular complexity index is 461. The summed E-state index contributed by atoms with van der Waals surface area (Å²) in [6, 6.07) is 0. The van der Waals surface area contributed by atoms with Crippen LogP contribution < -0.4 is 16.5 Å². The van der Waals surface area contributed by atoms with Gasteiger partial charge in [-0.05, 0) is 19.4 Å². The summed E-state index contributed by atoms with van der Waals surface area (Å²) in [6.07, 6.45) is 1.87. The number of rotatable bonds is 7. The lowest BCUT2D eigenvalue weighted by Gasteiger charge is -2.07. The van der Waals surface area contributed by atoms with Crippen molar-refractivity contribution in [3.05, 3.63) is 0 Å². The summed E-state index contributed by atoms with van der Waals surface area (Å²) in [7, 11) is -7.72. The van der Waals surface area contributed by atoms with Crippen molar-refractivity contribution in [2.24, 2.45) is 10.7 Å². The highest BCUT2D eigenvalue weighted by Gasteiger charge is 1.94. The first kappa shape index (κ1) is 27.7. The number of hydroxylamine groups is 1. The highest BCUT2D eigenvalue weighted by molar-refractivity contribution is 7.80. The maximum atomic E-state index is 8.74. The van der Waals surface area contributed by atoms with E-state index in [1.165, 1.54) is 0 Å². The molecule has 0 aromatic rings. The van der Waals surface area contributed by atoms with Crippen LogP contribution in [0.1, 0.15) is 12.8 Å². The van der Waals surface area contributed by atoms with Crippen molar-refractivity contribution in [3.63, 3.8) is 0 Å². The van der Waals surface area contributed by atoms with Gasteiger partial charge in [-0.1, -0.05) is 0 Å². The lowest BCUT2D eigenvalue weighted by Crippen LogP contribution is -2.37. The van der Waals surface area contributed by atoms with E-state index in [1.807, 2.05) is 5.48 Å². The molecule has 148 valence electrons. The van der Waals surface area contributed by atoms with Gasteiger partial charge >= 0.3 is 20.8 Å². The van der Waals surface area contributed by atoms with Gasteiger partial charge in [0.05, 0.1) is 6.61 Å². The molecule has 0 aliphatic carbocycles. The summed E-state index contributed by atoms with van der Waals surface area (Å²) in [4.78, 5) is 4.08. The number of unbranched alkanes of at least 4 members (excludes halogenated alkanes) is 1. The van der Waals surface area contributed by atoms with Crippen molar-refractivity contribution in [2.45, 2.75) is 12.8 Å². The quantitative estimate of drug-likeness (QED) is 0.0758. The van der Waals surface area contributed by atoms with Crippen LogP contribution in [-0.4, -0.2) is 79.6 Å². The van der Waals surface area contributed by atoms with Crippen LogP contribution in [-0.2, 0) is 25.5 Å². The van der Waals surface area contributed by atoms with Crippen molar-refractivity contribution < 1.29 is 45.0 Å². The highest BCUT2D eigenvalue weighted by atomic mass is 32.3. The molecule has 0 saturated carbocycles. The minimum absolute atomic E-state index is 0.374. The maximum Gasteiger partial charge on any atom is 0.394 e. The minimum Gasteiger partial charge on any atom is -0.383 e. The van der Waals surface area contributed by atoms with Crippen LogP contribution in [0.3, 0.4) is 0 Å². The molecule has 0 rings (SSSR count). The van der Waals surface area contributed by atoms with E-state index in [2.05, 4.69) is 10.3 Å². The predicted molar refractivity (Wildman–Crippen MR) is 83.7 cm³/mol. The summed E-state index contributed by atoms with van der Waals surface area (Å²) in [5.41, 5.74) is 7.32. The standard InChI is InChI=1S/C8H20N4O2.2H2O4S/c1-14-7-6-11-8(12-13)10-5-3-2-4-9;2*1-5(2,3)4/h13H,2-7,9H2,1H3,(H2,10,11,12);2*(H2,1,2,3,4). The van der Waals surface area contributed by atoms with Crippen LogP contribution in [0.5, 0.6) is 0 Å². The Labute approximate surface area is 140 Å². The molecule has 0 bridgehead atoms. The molecular weight excluding hydrogens is 376 g/mol. The van der Waals surface area contributed by atoms with E-state index in [0.717, 1.165) is 12.8 Å². The fourth-order valence-corrected chi connectivity index (χ4v) is 0.849. The van der Waals surface area contributed by atoms with Gasteiger partial charge in [-0.3, -0.25) is 28.4 Å². The van der Waals surface area contributed by atoms with Crippen LogP contribution in [0.4, 0.5) is 0 Å². The van der Waals surface area contributed by atoms with E-state index in [4.69, 9.17) is 50.7 Å². The van der Waals surface area contributed by atoms with Crippen LogP contribution in [0, 0.1) is 0 Å². The zero-order chi connectivity index (χ0) is 19.6. The molecule has 0 fully saturated rings. The summed E-state index contributed by atoms with van der Waals surface area (Å²) in [5.74, 6) is 0.374. The van der Waals surface area contributed by atoms with Gasteiger partial charge in [0.1, 0.15) is 0 Å². The van der Waals surface area contributed by atoms with Gasteiger partial charge in [0, 0.05) is 20.2 Å². The first-order valence-corrected chi connectivity index (χ1v) is 8.91. The highest BCUT2D eigenvalue weighted by Crippen LogP contribution is 1.86. The summed E-state index contributed by atoms with van der Waals surface area (Å²) in [5, 5.41) is 11.6. The van der Waals surface area contributed by atoms with Crippen molar-refractivity contribution in [1.29, 1.82) is 0 Å². The zero-order valence-electron chi connectivity index (χ0n) is 12.9. The number of nitrogens with two attached hydrogens (primary N) is 1. The van der Waals surface area contributed by atoms with Crippen molar-refractivity contribution in [1.82, 2.24) is 10.8 Å². The molecule has 0 aromatic carbocycles. The molecule has 0 amide bonds. The van der Waals surface area contributed by atoms with E-state index < -0.39 is 20.8 Å². The van der Waals surface area contributed by atoms with Gasteiger partial charge in [-0.2, -0.15) is 16.8 Å². The van der Waals surface area contributed by atoms with Gasteiger partial charge < -0.3 is 15.8 Å². The third-order valence-electron chi connectivity index (χ3n) is 1.59. The molecule has 24 heavy (non-hydrogen) atoms. The topological polar surface area (TPSA) is 241 Å². The second-order valence-electron chi connectivity index (χ2n) is 3.65. The number of nitrogens with one attached hydrogen (secondary N) is 2. The molecule has 0 aliphatic rings. The van der Waals surface area contributed by atoms with Crippen LogP contribution in [0.15, 0.2) is 4.99 Å². The van der Waals surface area contributed by atoms with Gasteiger partial charge in [0.25, 0.3) is 0 Å². The van der Waals surface area contributed by atoms with Gasteiger partial charge in [0.15, 0.2) is 0 Å². The summed E-state index contributed by atoms with van der Waals surface area (Å²) in [6.45, 7) is 2.51. The van der Waals surface area contributed by atoms with Crippen molar-refractivity contribution in [3.8, 4) is 0 Å². The number of aliphatic imine (C=N–C) groups is 1. The first-order chi connectivity index (χ1) is 10.8. The fourth-order valence-electron chi connectivity index (χ4n) is 0.849. The normalized spacial score (nSPS) is 11.5. The number of nitrogens with zero attached hydrogens (tertiary/aromatic N) is 1. The molecule has 0 radical (unpaired) electrons. The van der Waals surface area contributed by atoms with E-state index in [-0.39, 0.29) is 0 Å². The zero-order valence-corrected chi connectivity index (χ0v) is 14.5. The Hall–Kier alpha value is -1.11. The van der Waals surface area contributed by atoms with Gasteiger partial charge in [0.2, 0.25) is 5.96 Å². The molecule has 0 aliphatic heterocycles. The molecule has 0 atom stereocenters. The molecule has 9 N–H and O–H groups in total. The van der Waals surface area contributed by atoms with Gasteiger partial charge in [-0.25, -0.2) is 5.48 Å². The Morgan fingerprint density at radius 1 is 1.08 bits per heavy atom. The minimum atomic E-state index is -4.67. The predicted octanol–water partition coefficient (Wildman–Crippen LogP) is -2.01. The second kappa shape index (κ2) is 16.7. The largest absolute Gasteiger partial charge is 0.394 e. The lowest BCUT2D eigenvalue weighted by atomic mass is 10.3. The van der Waals surface area contributed by atoms with Crippen molar-refractivity contribution >= 4 is 26.8 Å². The third-order valence-corrected chi connectivity index (χ3v) is 1.59. The smallest absolute Gasteiger partial charge is 0.383 e. The van der Waals surface area contributed by atoms with Crippen LogP contribution in [0.2, 0.25) is 0 Å². The van der Waals surface area contributed by atoms with Crippen molar-refractivity contribution in [2.75, 3.05) is 33.4 Å². The Morgan fingerprint density at radius 3 is 1.88 bits per heavy atom. The number of guanidine groups is 1. The summed E-state index contributed by atoms with van der Waals surface area (Å²) >= 11 is 0. The Balaban J connectivity index is -0.000000361. The third kappa shape index (κ3) is 58.5. The molecule has 0 spiro atoms. The monoisotopic (exact) mass is 400 g/mol. The lowest BCUT2D eigenvalue weighted by molar-refractivity contribution is 0.198. The number of hydrogen-bond acceptors (Lipinski definition) is 8. The van der Waals surface area contributed by atoms with E-state index >= 15 is 0 Å². The number of ether oxygens (including phenoxy) is 1. The maximum absolute atomic E-state index is 8.74. The summed E-state index contributed by atoms with van der Waals surface area (Å²) < 4.78 is 68.0. The first-order valence-electron chi connectivity index (χ1n) is 6.12. The Morgan fingerprint density at radius 2 is 1.54 bits per heavy atom.